The Labute approximate surface area is 132 Å². The molecule has 0 bridgehead atoms. The zero-order valence-electron chi connectivity index (χ0n) is 12.2. The Morgan fingerprint density at radius 3 is 2.64 bits per heavy atom. The van der Waals surface area contributed by atoms with Gasteiger partial charge in [-0.25, -0.2) is 0 Å². The van der Waals surface area contributed by atoms with Gasteiger partial charge in [0.2, 0.25) is 11.0 Å². The lowest BCUT2D eigenvalue weighted by Crippen LogP contribution is -2.12. The molecule has 6 nitrogen and oxygen atoms in total. The van der Waals surface area contributed by atoms with E-state index in [-0.39, 0.29) is 31.3 Å². The lowest BCUT2D eigenvalue weighted by molar-refractivity contribution is -0.145. The molecule has 2 aromatic rings. The molecule has 0 radical (unpaired) electrons. The number of aromatic nitrogens is 2. The van der Waals surface area contributed by atoms with Crippen LogP contribution in [0.2, 0.25) is 0 Å². The van der Waals surface area contributed by atoms with E-state index in [4.69, 9.17) is 4.74 Å². The van der Waals surface area contributed by atoms with Crippen LogP contribution in [0.3, 0.4) is 0 Å². The molecule has 0 fully saturated rings. The molecule has 1 aromatic heterocycles. The van der Waals surface area contributed by atoms with E-state index >= 15 is 0 Å². The van der Waals surface area contributed by atoms with E-state index in [2.05, 4.69) is 15.5 Å². The van der Waals surface area contributed by atoms with E-state index < -0.39 is 0 Å². The van der Waals surface area contributed by atoms with E-state index in [0.29, 0.717) is 11.6 Å². The number of hydrogen-bond acceptors (Lipinski definition) is 6. The standard InChI is InChI=1S/C15H17N3O3S/c1-11-17-18-15(22-11)16-13(19)8-5-9-14(20)21-10-12-6-3-2-4-7-12/h2-4,6-7H,5,8-10H2,1H3,(H,16,18,19). The molecule has 0 aliphatic carbocycles. The first-order valence-electron chi connectivity index (χ1n) is 6.93. The molecule has 2 rings (SSSR count). The van der Waals surface area contributed by atoms with E-state index in [1.807, 2.05) is 37.3 Å². The summed E-state index contributed by atoms with van der Waals surface area (Å²) in [5.41, 5.74) is 0.945. The fourth-order valence-corrected chi connectivity index (χ4v) is 2.34. The van der Waals surface area contributed by atoms with Gasteiger partial charge in [0.25, 0.3) is 0 Å². The van der Waals surface area contributed by atoms with E-state index in [0.717, 1.165) is 10.6 Å². The van der Waals surface area contributed by atoms with Crippen LogP contribution in [-0.4, -0.2) is 22.1 Å². The summed E-state index contributed by atoms with van der Waals surface area (Å²) in [7, 11) is 0. The van der Waals surface area contributed by atoms with Gasteiger partial charge >= 0.3 is 5.97 Å². The van der Waals surface area contributed by atoms with Crippen molar-refractivity contribution >= 4 is 28.3 Å². The number of hydrogen-bond donors (Lipinski definition) is 1. The molecule has 0 atom stereocenters. The van der Waals surface area contributed by atoms with Gasteiger partial charge in [-0.1, -0.05) is 41.7 Å². The van der Waals surface area contributed by atoms with Crippen LogP contribution >= 0.6 is 11.3 Å². The first-order chi connectivity index (χ1) is 10.6. The number of carbonyl (C=O) groups is 2. The molecule has 116 valence electrons. The lowest BCUT2D eigenvalue weighted by atomic mass is 10.2. The molecule has 0 saturated heterocycles. The molecule has 0 aliphatic heterocycles. The van der Waals surface area contributed by atoms with Crippen molar-refractivity contribution in [1.29, 1.82) is 0 Å². The quantitative estimate of drug-likeness (QED) is 0.794. The van der Waals surface area contributed by atoms with Gasteiger partial charge in [-0.2, -0.15) is 0 Å². The van der Waals surface area contributed by atoms with E-state index in [1.54, 1.807) is 0 Å². The zero-order chi connectivity index (χ0) is 15.8. The highest BCUT2D eigenvalue weighted by Gasteiger charge is 2.09. The van der Waals surface area contributed by atoms with Crippen LogP contribution in [0, 0.1) is 6.92 Å². The number of nitrogens with one attached hydrogen (secondary N) is 1. The van der Waals surface area contributed by atoms with Gasteiger partial charge in [-0.3, -0.25) is 9.59 Å². The predicted octanol–water partition coefficient (Wildman–Crippen LogP) is 2.70. The monoisotopic (exact) mass is 319 g/mol. The average Bonchev–Trinajstić information content (AvgIpc) is 2.91. The van der Waals surface area contributed by atoms with Crippen LogP contribution < -0.4 is 5.32 Å². The van der Waals surface area contributed by atoms with Crippen LogP contribution in [0.4, 0.5) is 5.13 Å². The van der Waals surface area contributed by atoms with E-state index in [1.165, 1.54) is 11.3 Å². The van der Waals surface area contributed by atoms with Gasteiger partial charge in [-0.05, 0) is 18.9 Å². The van der Waals surface area contributed by atoms with Gasteiger partial charge in [0, 0.05) is 12.8 Å². The normalized spacial score (nSPS) is 10.2. The summed E-state index contributed by atoms with van der Waals surface area (Å²) < 4.78 is 5.14. The SMILES string of the molecule is Cc1nnc(NC(=O)CCCC(=O)OCc2ccccc2)s1. The summed E-state index contributed by atoms with van der Waals surface area (Å²) in [5, 5.41) is 11.5. The Bertz CT molecular complexity index is 628. The van der Waals surface area contributed by atoms with Crippen molar-refractivity contribution in [3.63, 3.8) is 0 Å². The van der Waals surface area contributed by atoms with Gasteiger partial charge in [0.05, 0.1) is 0 Å². The summed E-state index contributed by atoms with van der Waals surface area (Å²) in [5.74, 6) is -0.476. The maximum Gasteiger partial charge on any atom is 0.306 e. The minimum Gasteiger partial charge on any atom is -0.461 e. The summed E-state index contributed by atoms with van der Waals surface area (Å²) in [6.45, 7) is 2.08. The average molecular weight is 319 g/mol. The van der Waals surface area contributed by atoms with Gasteiger partial charge < -0.3 is 10.1 Å². The molecular formula is C15H17N3O3S. The van der Waals surface area contributed by atoms with Crippen LogP contribution in [0.5, 0.6) is 0 Å². The number of anilines is 1. The Morgan fingerprint density at radius 1 is 1.18 bits per heavy atom. The van der Waals surface area contributed by atoms with Crippen molar-refractivity contribution in [1.82, 2.24) is 10.2 Å². The highest BCUT2D eigenvalue weighted by molar-refractivity contribution is 7.15. The smallest absolute Gasteiger partial charge is 0.306 e. The highest BCUT2D eigenvalue weighted by atomic mass is 32.1. The summed E-state index contributed by atoms with van der Waals surface area (Å²) in [6, 6.07) is 9.48. The maximum atomic E-state index is 11.7. The Balaban J connectivity index is 1.61. The second-order valence-electron chi connectivity index (χ2n) is 4.67. The second kappa shape index (κ2) is 8.23. The summed E-state index contributed by atoms with van der Waals surface area (Å²) in [6.07, 6.45) is 0.908. The fourth-order valence-electron chi connectivity index (χ4n) is 1.73. The van der Waals surface area contributed by atoms with Crippen molar-refractivity contribution in [2.75, 3.05) is 5.32 Å². The van der Waals surface area contributed by atoms with Gasteiger partial charge in [0.15, 0.2) is 0 Å². The third-order valence-corrected chi connectivity index (χ3v) is 3.55. The summed E-state index contributed by atoms with van der Waals surface area (Å²) in [4.78, 5) is 23.2. The number of esters is 1. The zero-order valence-corrected chi connectivity index (χ0v) is 13.1. The maximum absolute atomic E-state index is 11.7. The predicted molar refractivity (Wildman–Crippen MR) is 83.4 cm³/mol. The molecule has 22 heavy (non-hydrogen) atoms. The topological polar surface area (TPSA) is 81.2 Å². The Morgan fingerprint density at radius 2 is 1.95 bits per heavy atom. The molecular weight excluding hydrogens is 302 g/mol. The minimum absolute atomic E-state index is 0.174. The van der Waals surface area contributed by atoms with Crippen LogP contribution in [-0.2, 0) is 20.9 Å². The molecule has 0 aliphatic rings. The number of rotatable bonds is 7. The largest absolute Gasteiger partial charge is 0.461 e. The molecule has 1 aromatic carbocycles. The second-order valence-corrected chi connectivity index (χ2v) is 5.86. The molecule has 1 amide bonds. The van der Waals surface area contributed by atoms with Crippen molar-refractivity contribution < 1.29 is 14.3 Å². The summed E-state index contributed by atoms with van der Waals surface area (Å²) >= 11 is 1.32. The number of ether oxygens (including phenoxy) is 1. The van der Waals surface area contributed by atoms with Crippen molar-refractivity contribution in [2.24, 2.45) is 0 Å². The fraction of sp³-hybridized carbons (Fsp3) is 0.333. The molecule has 0 unspecified atom stereocenters. The van der Waals surface area contributed by atoms with Gasteiger partial charge in [0.1, 0.15) is 11.6 Å². The van der Waals surface area contributed by atoms with Crippen LogP contribution in [0.15, 0.2) is 30.3 Å². The number of benzene rings is 1. The number of carbonyl (C=O) groups excluding carboxylic acids is 2. The van der Waals surface area contributed by atoms with Gasteiger partial charge in [-0.15, -0.1) is 10.2 Å². The van der Waals surface area contributed by atoms with Crippen molar-refractivity contribution in [3.05, 3.63) is 40.9 Å². The minimum atomic E-state index is -0.302. The molecule has 7 heteroatoms. The van der Waals surface area contributed by atoms with Crippen LogP contribution in [0.1, 0.15) is 29.8 Å². The third-order valence-electron chi connectivity index (χ3n) is 2.80. The highest BCUT2D eigenvalue weighted by Crippen LogP contribution is 2.14. The molecule has 0 spiro atoms. The molecule has 0 saturated carbocycles. The van der Waals surface area contributed by atoms with Crippen LogP contribution in [0.25, 0.3) is 0 Å². The molecule has 1 N–H and O–H groups in total. The Kier molecular flexibility index (Phi) is 6.02. The van der Waals surface area contributed by atoms with Crippen molar-refractivity contribution in [3.8, 4) is 0 Å². The number of aryl methyl sites for hydroxylation is 1. The third kappa shape index (κ3) is 5.61. The molecule has 1 heterocycles. The van der Waals surface area contributed by atoms with E-state index in [9.17, 15) is 9.59 Å². The first-order valence-corrected chi connectivity index (χ1v) is 7.74. The van der Waals surface area contributed by atoms with Crippen molar-refractivity contribution in [2.45, 2.75) is 32.8 Å². The first kappa shape index (κ1) is 16.1. The number of amides is 1. The number of nitrogens with zero attached hydrogens (tertiary/aromatic N) is 2. The lowest BCUT2D eigenvalue weighted by Gasteiger charge is -2.05. The Hall–Kier alpha value is -2.28.